The Morgan fingerprint density at radius 1 is 1.07 bits per heavy atom. The van der Waals surface area contributed by atoms with Crippen LogP contribution < -0.4 is 5.32 Å². The van der Waals surface area contributed by atoms with Crippen molar-refractivity contribution in [2.24, 2.45) is 0 Å². The summed E-state index contributed by atoms with van der Waals surface area (Å²) in [5.41, 5.74) is 1.89. The number of rotatable bonds is 4. The summed E-state index contributed by atoms with van der Waals surface area (Å²) in [5.74, 6) is -0.116. The van der Waals surface area contributed by atoms with Crippen molar-refractivity contribution in [1.29, 1.82) is 0 Å². The van der Waals surface area contributed by atoms with Gasteiger partial charge in [0.15, 0.2) is 0 Å². The maximum atomic E-state index is 13.4. The fraction of sp³-hybridized carbons (Fsp3) is 0.261. The van der Waals surface area contributed by atoms with Crippen LogP contribution in [0.3, 0.4) is 0 Å². The number of piperidine rings is 1. The molecule has 1 fully saturated rings. The van der Waals surface area contributed by atoms with Crippen LogP contribution in [0.2, 0.25) is 0 Å². The molecule has 2 aromatic carbocycles. The van der Waals surface area contributed by atoms with Gasteiger partial charge in [0.25, 0.3) is 11.8 Å². The fourth-order valence-corrected chi connectivity index (χ4v) is 3.83. The zero-order chi connectivity index (χ0) is 21.1. The van der Waals surface area contributed by atoms with Gasteiger partial charge in [-0.15, -0.1) is 0 Å². The molecule has 1 aliphatic rings. The van der Waals surface area contributed by atoms with Gasteiger partial charge in [0, 0.05) is 30.3 Å². The van der Waals surface area contributed by atoms with Gasteiger partial charge in [-0.05, 0) is 49.6 Å². The highest BCUT2D eigenvalue weighted by molar-refractivity contribution is 6.04. The van der Waals surface area contributed by atoms with Crippen molar-refractivity contribution in [3.8, 4) is 0 Å². The lowest BCUT2D eigenvalue weighted by Crippen LogP contribution is -2.39. The van der Waals surface area contributed by atoms with Crippen LogP contribution in [0.25, 0.3) is 0 Å². The normalized spacial score (nSPS) is 14.5. The number of aromatic nitrogens is 2. The van der Waals surface area contributed by atoms with Crippen LogP contribution in [0.5, 0.6) is 0 Å². The molecule has 154 valence electrons. The lowest BCUT2D eigenvalue weighted by molar-refractivity contribution is 0.0690. The van der Waals surface area contributed by atoms with E-state index in [0.717, 1.165) is 5.56 Å². The molecule has 1 saturated heterocycles. The molecule has 4 rings (SSSR count). The Morgan fingerprint density at radius 3 is 2.57 bits per heavy atom. The van der Waals surface area contributed by atoms with E-state index in [-0.39, 0.29) is 17.9 Å². The van der Waals surface area contributed by atoms with Gasteiger partial charge in [0.2, 0.25) is 0 Å². The van der Waals surface area contributed by atoms with Crippen molar-refractivity contribution in [2.45, 2.75) is 25.8 Å². The van der Waals surface area contributed by atoms with Crippen molar-refractivity contribution >= 4 is 17.6 Å². The molecular weight excluding hydrogens is 383 g/mol. The number of anilines is 1. The summed E-state index contributed by atoms with van der Waals surface area (Å²) in [6.07, 6.45) is 3.07. The van der Waals surface area contributed by atoms with Gasteiger partial charge in [-0.3, -0.25) is 9.59 Å². The van der Waals surface area contributed by atoms with Crippen molar-refractivity contribution < 1.29 is 14.0 Å². The van der Waals surface area contributed by atoms with Gasteiger partial charge in [-0.25, -0.2) is 9.07 Å². The molecule has 6 nitrogen and oxygen atoms in total. The van der Waals surface area contributed by atoms with E-state index >= 15 is 0 Å². The van der Waals surface area contributed by atoms with Crippen LogP contribution >= 0.6 is 0 Å². The zero-order valence-electron chi connectivity index (χ0n) is 16.7. The first-order chi connectivity index (χ1) is 14.5. The molecule has 0 bridgehead atoms. The molecular formula is C23H23FN4O2. The maximum absolute atomic E-state index is 13.4. The first kappa shape index (κ1) is 19.8. The monoisotopic (exact) mass is 406 g/mol. The molecule has 1 aromatic heterocycles. The molecule has 7 heteroatoms. The van der Waals surface area contributed by atoms with E-state index in [1.807, 2.05) is 29.8 Å². The minimum atomic E-state index is -0.415. The molecule has 3 aromatic rings. The number of hydrogen-bond acceptors (Lipinski definition) is 3. The standard InChI is InChI=1S/C23H23FN4O2/c1-16-5-2-3-8-20(16)22(29)26-21-9-12-25-28(21)19-10-13-27(14-11-19)23(30)17-6-4-7-18(24)15-17/h2-9,12,15,19H,10-11,13-14H2,1H3,(H,26,29). The van der Waals surface area contributed by atoms with Gasteiger partial charge in [0.1, 0.15) is 11.6 Å². The number of aryl methyl sites for hydroxylation is 1. The Hall–Kier alpha value is -3.48. The highest BCUT2D eigenvalue weighted by Crippen LogP contribution is 2.26. The van der Waals surface area contributed by atoms with Crippen LogP contribution in [0.1, 0.15) is 45.2 Å². The minimum absolute atomic E-state index is 0.0729. The third kappa shape index (κ3) is 4.10. The molecule has 0 aliphatic carbocycles. The lowest BCUT2D eigenvalue weighted by atomic mass is 10.0. The van der Waals surface area contributed by atoms with Crippen molar-refractivity contribution in [3.63, 3.8) is 0 Å². The predicted octanol–water partition coefficient (Wildman–Crippen LogP) is 4.06. The van der Waals surface area contributed by atoms with E-state index in [4.69, 9.17) is 0 Å². The van der Waals surface area contributed by atoms with Crippen LogP contribution in [0, 0.1) is 12.7 Å². The van der Waals surface area contributed by atoms with E-state index < -0.39 is 5.82 Å². The largest absolute Gasteiger partial charge is 0.338 e. The Bertz CT molecular complexity index is 1070. The van der Waals surface area contributed by atoms with Gasteiger partial charge in [-0.2, -0.15) is 5.10 Å². The number of likely N-dealkylation sites (tertiary alicyclic amines) is 1. The fourth-order valence-electron chi connectivity index (χ4n) is 3.83. The summed E-state index contributed by atoms with van der Waals surface area (Å²) in [6.45, 7) is 2.99. The molecule has 1 N–H and O–H groups in total. The third-order valence-electron chi connectivity index (χ3n) is 5.47. The van der Waals surface area contributed by atoms with E-state index in [0.29, 0.717) is 42.9 Å². The third-order valence-corrected chi connectivity index (χ3v) is 5.47. The van der Waals surface area contributed by atoms with Crippen LogP contribution in [0.4, 0.5) is 10.2 Å². The summed E-state index contributed by atoms with van der Waals surface area (Å²) < 4.78 is 15.2. The molecule has 30 heavy (non-hydrogen) atoms. The second-order valence-electron chi connectivity index (χ2n) is 7.46. The SMILES string of the molecule is Cc1ccccc1C(=O)Nc1ccnn1C1CCN(C(=O)c2cccc(F)c2)CC1. The van der Waals surface area contributed by atoms with Crippen molar-refractivity contribution in [3.05, 3.63) is 83.3 Å². The summed E-state index contributed by atoms with van der Waals surface area (Å²) >= 11 is 0. The molecule has 1 aliphatic heterocycles. The molecule has 0 spiro atoms. The number of amides is 2. The van der Waals surface area contributed by atoms with Gasteiger partial charge >= 0.3 is 0 Å². The number of hydrogen-bond donors (Lipinski definition) is 1. The van der Waals surface area contributed by atoms with Crippen molar-refractivity contribution in [2.75, 3.05) is 18.4 Å². The second kappa shape index (κ2) is 8.49. The van der Waals surface area contributed by atoms with Crippen LogP contribution in [-0.4, -0.2) is 39.6 Å². The molecule has 0 atom stereocenters. The second-order valence-corrected chi connectivity index (χ2v) is 7.46. The topological polar surface area (TPSA) is 67.2 Å². The molecule has 2 heterocycles. The Labute approximate surface area is 174 Å². The summed E-state index contributed by atoms with van der Waals surface area (Å²) in [4.78, 5) is 27.0. The summed E-state index contributed by atoms with van der Waals surface area (Å²) in [7, 11) is 0. The van der Waals surface area contributed by atoms with E-state index in [1.165, 1.54) is 12.1 Å². The first-order valence-corrected chi connectivity index (χ1v) is 9.98. The number of nitrogens with one attached hydrogen (secondary N) is 1. The smallest absolute Gasteiger partial charge is 0.257 e. The summed E-state index contributed by atoms with van der Waals surface area (Å²) in [6, 6.07) is 15.0. The Morgan fingerprint density at radius 2 is 1.83 bits per heavy atom. The molecule has 0 saturated carbocycles. The zero-order valence-corrected chi connectivity index (χ0v) is 16.7. The molecule has 0 radical (unpaired) electrons. The summed E-state index contributed by atoms with van der Waals surface area (Å²) in [5, 5.41) is 7.35. The average molecular weight is 406 g/mol. The highest BCUT2D eigenvalue weighted by Gasteiger charge is 2.26. The number of nitrogens with zero attached hydrogens (tertiary/aromatic N) is 3. The molecule has 0 unspecified atom stereocenters. The minimum Gasteiger partial charge on any atom is -0.338 e. The number of carbonyl (C=O) groups excluding carboxylic acids is 2. The van der Waals surface area contributed by atoms with Crippen LogP contribution in [0.15, 0.2) is 60.8 Å². The molecule has 2 amide bonds. The maximum Gasteiger partial charge on any atom is 0.257 e. The lowest BCUT2D eigenvalue weighted by Gasteiger charge is -2.32. The van der Waals surface area contributed by atoms with Crippen molar-refractivity contribution in [1.82, 2.24) is 14.7 Å². The van der Waals surface area contributed by atoms with Gasteiger partial charge in [-0.1, -0.05) is 24.3 Å². The Balaban J connectivity index is 1.41. The Kier molecular flexibility index (Phi) is 5.61. The number of carbonyl (C=O) groups is 2. The quantitative estimate of drug-likeness (QED) is 0.711. The predicted molar refractivity (Wildman–Crippen MR) is 112 cm³/mol. The van der Waals surface area contributed by atoms with Crippen LogP contribution in [-0.2, 0) is 0 Å². The van der Waals surface area contributed by atoms with Gasteiger partial charge < -0.3 is 10.2 Å². The van der Waals surface area contributed by atoms with E-state index in [9.17, 15) is 14.0 Å². The highest BCUT2D eigenvalue weighted by atomic mass is 19.1. The number of benzene rings is 2. The van der Waals surface area contributed by atoms with Gasteiger partial charge in [0.05, 0.1) is 12.2 Å². The number of halogens is 1. The first-order valence-electron chi connectivity index (χ1n) is 9.98. The van der Waals surface area contributed by atoms with E-state index in [2.05, 4.69) is 10.4 Å². The average Bonchev–Trinajstić information content (AvgIpc) is 3.21. The van der Waals surface area contributed by atoms with E-state index in [1.54, 1.807) is 35.4 Å².